The summed E-state index contributed by atoms with van der Waals surface area (Å²) in [6, 6.07) is 7.90. The van der Waals surface area contributed by atoms with Crippen LogP contribution in [0.3, 0.4) is 0 Å². The summed E-state index contributed by atoms with van der Waals surface area (Å²) in [7, 11) is 0. The number of halogens is 1. The topological polar surface area (TPSA) is 92.5 Å². The van der Waals surface area contributed by atoms with Crippen LogP contribution < -0.4 is 16.1 Å². The molecule has 2 aromatic rings. The Hall–Kier alpha value is -2.94. The number of benzene rings is 1. The molecule has 142 valence electrons. The number of hydrogen-bond acceptors (Lipinski definition) is 5. The van der Waals surface area contributed by atoms with Gasteiger partial charge in [0.2, 0.25) is 0 Å². The number of carbonyl (C=O) groups excluding carboxylic acids is 1. The quantitative estimate of drug-likeness (QED) is 0.781. The van der Waals surface area contributed by atoms with Crippen LogP contribution in [0, 0.1) is 5.82 Å². The lowest BCUT2D eigenvalue weighted by Gasteiger charge is -2.48. The second kappa shape index (κ2) is 6.99. The van der Waals surface area contributed by atoms with Crippen LogP contribution in [0.4, 0.5) is 10.1 Å². The fraction of sp³-hybridized carbons (Fsp3) is 0.389. The number of H-pyrrole nitrogens is 2. The highest BCUT2D eigenvalue weighted by Gasteiger charge is 2.36. The highest BCUT2D eigenvalue weighted by atomic mass is 19.1. The normalized spacial score (nSPS) is 18.4. The van der Waals surface area contributed by atoms with Crippen LogP contribution in [0.25, 0.3) is 0 Å². The Labute approximate surface area is 154 Å². The Bertz CT molecular complexity index is 912. The van der Waals surface area contributed by atoms with Gasteiger partial charge in [-0.25, -0.2) is 9.18 Å². The minimum atomic E-state index is -0.681. The van der Waals surface area contributed by atoms with Gasteiger partial charge in [-0.1, -0.05) is 0 Å². The van der Waals surface area contributed by atoms with Crippen molar-refractivity contribution in [3.8, 4) is 0 Å². The molecule has 9 heteroatoms. The predicted molar refractivity (Wildman–Crippen MR) is 97.6 cm³/mol. The van der Waals surface area contributed by atoms with Gasteiger partial charge in [0, 0.05) is 57.1 Å². The molecule has 8 nitrogen and oxygen atoms in total. The van der Waals surface area contributed by atoms with E-state index < -0.39 is 11.2 Å². The van der Waals surface area contributed by atoms with Crippen molar-refractivity contribution in [3.63, 3.8) is 0 Å². The van der Waals surface area contributed by atoms with Gasteiger partial charge >= 0.3 is 5.69 Å². The van der Waals surface area contributed by atoms with Gasteiger partial charge in [0.25, 0.3) is 11.5 Å². The van der Waals surface area contributed by atoms with Crippen molar-refractivity contribution in [3.05, 3.63) is 62.7 Å². The number of nitrogens with zero attached hydrogens (tertiary/aromatic N) is 3. The molecule has 0 saturated carbocycles. The first-order valence-electron chi connectivity index (χ1n) is 8.87. The summed E-state index contributed by atoms with van der Waals surface area (Å²) in [4.78, 5) is 45.6. The molecule has 0 aliphatic carbocycles. The lowest BCUT2D eigenvalue weighted by atomic mass is 10.0. The molecular formula is C18H20FN5O3. The summed E-state index contributed by atoms with van der Waals surface area (Å²) in [6.07, 6.45) is 0. The van der Waals surface area contributed by atoms with Crippen LogP contribution in [-0.2, 0) is 0 Å². The van der Waals surface area contributed by atoms with Gasteiger partial charge in [0.1, 0.15) is 11.5 Å². The van der Waals surface area contributed by atoms with Gasteiger partial charge in [-0.2, -0.15) is 0 Å². The van der Waals surface area contributed by atoms with E-state index in [0.29, 0.717) is 13.1 Å². The van der Waals surface area contributed by atoms with E-state index in [2.05, 4.69) is 19.8 Å². The first-order chi connectivity index (χ1) is 13.0. The van der Waals surface area contributed by atoms with Crippen molar-refractivity contribution in [1.29, 1.82) is 0 Å². The highest BCUT2D eigenvalue weighted by Crippen LogP contribution is 2.21. The molecule has 0 unspecified atom stereocenters. The van der Waals surface area contributed by atoms with Gasteiger partial charge in [-0.3, -0.25) is 19.5 Å². The van der Waals surface area contributed by atoms with Crippen molar-refractivity contribution < 1.29 is 9.18 Å². The average molecular weight is 373 g/mol. The molecule has 2 aliphatic rings. The third-order valence-corrected chi connectivity index (χ3v) is 5.16. The van der Waals surface area contributed by atoms with Crippen LogP contribution in [0.5, 0.6) is 0 Å². The monoisotopic (exact) mass is 373 g/mol. The maximum atomic E-state index is 13.0. The lowest BCUT2D eigenvalue weighted by Crippen LogP contribution is -2.64. The van der Waals surface area contributed by atoms with E-state index in [4.69, 9.17) is 0 Å². The summed E-state index contributed by atoms with van der Waals surface area (Å²) in [5.74, 6) is -0.572. The zero-order valence-electron chi connectivity index (χ0n) is 14.7. The molecular weight excluding hydrogens is 353 g/mol. The van der Waals surface area contributed by atoms with Crippen LogP contribution in [0.15, 0.2) is 39.9 Å². The molecule has 27 heavy (non-hydrogen) atoms. The van der Waals surface area contributed by atoms with Crippen LogP contribution in [-0.4, -0.2) is 71.0 Å². The van der Waals surface area contributed by atoms with Gasteiger partial charge in [-0.15, -0.1) is 0 Å². The predicted octanol–water partition coefficient (Wildman–Crippen LogP) is -0.151. The van der Waals surface area contributed by atoms with Gasteiger partial charge < -0.3 is 14.8 Å². The zero-order chi connectivity index (χ0) is 19.0. The van der Waals surface area contributed by atoms with Gasteiger partial charge in [-0.05, 0) is 24.3 Å². The first kappa shape index (κ1) is 17.5. The van der Waals surface area contributed by atoms with E-state index >= 15 is 0 Å². The molecule has 1 amide bonds. The molecule has 0 atom stereocenters. The Morgan fingerprint density at radius 2 is 1.67 bits per heavy atom. The molecule has 2 fully saturated rings. The summed E-state index contributed by atoms with van der Waals surface area (Å²) in [6.45, 7) is 4.57. The number of anilines is 1. The number of amides is 1. The van der Waals surface area contributed by atoms with Crippen molar-refractivity contribution in [2.24, 2.45) is 0 Å². The van der Waals surface area contributed by atoms with Crippen molar-refractivity contribution in [1.82, 2.24) is 19.8 Å². The smallest absolute Gasteiger partial charge is 0.326 e. The Morgan fingerprint density at radius 1 is 1.00 bits per heavy atom. The second-order valence-corrected chi connectivity index (χ2v) is 6.86. The van der Waals surface area contributed by atoms with E-state index in [1.807, 2.05) is 0 Å². The standard InChI is InChI=1S/C18H20FN5O3/c19-12-1-3-13(4-2-12)22-5-7-23(8-6-22)14-10-24(11-14)17(26)15-9-16(25)21-18(27)20-15/h1-4,9,14H,5-8,10-11H2,(H2,20,21,25,27). The molecule has 2 saturated heterocycles. The molecule has 3 heterocycles. The van der Waals surface area contributed by atoms with Gasteiger partial charge in [0.05, 0.1) is 0 Å². The first-order valence-corrected chi connectivity index (χ1v) is 8.87. The van der Waals surface area contributed by atoms with Crippen LogP contribution in [0.2, 0.25) is 0 Å². The SMILES string of the molecule is O=C(c1cc(=O)[nH]c(=O)[nH]1)N1CC(N2CCN(c3ccc(F)cc3)CC2)C1. The second-order valence-electron chi connectivity index (χ2n) is 6.86. The molecule has 2 aliphatic heterocycles. The third kappa shape index (κ3) is 3.63. The number of rotatable bonds is 3. The molecule has 1 aromatic heterocycles. The van der Waals surface area contributed by atoms with Crippen molar-refractivity contribution >= 4 is 11.6 Å². The van der Waals surface area contributed by atoms with E-state index in [-0.39, 0.29) is 23.5 Å². The summed E-state index contributed by atoms with van der Waals surface area (Å²) in [5.41, 5.74) is -0.237. The summed E-state index contributed by atoms with van der Waals surface area (Å²) < 4.78 is 13.0. The molecule has 2 N–H and O–H groups in total. The fourth-order valence-electron chi connectivity index (χ4n) is 3.60. The number of likely N-dealkylation sites (tertiary alicyclic amines) is 1. The Morgan fingerprint density at radius 3 is 2.30 bits per heavy atom. The minimum absolute atomic E-state index is 0.0170. The number of carbonyl (C=O) groups is 1. The largest absolute Gasteiger partial charge is 0.369 e. The van der Waals surface area contributed by atoms with E-state index in [0.717, 1.165) is 37.9 Å². The van der Waals surface area contributed by atoms with Crippen LogP contribution in [0.1, 0.15) is 10.5 Å². The summed E-state index contributed by atoms with van der Waals surface area (Å²) in [5, 5.41) is 0. The lowest BCUT2D eigenvalue weighted by molar-refractivity contribution is 0.0241. The average Bonchev–Trinajstić information content (AvgIpc) is 2.61. The number of piperazine rings is 1. The molecule has 1 aromatic carbocycles. The maximum absolute atomic E-state index is 13.0. The minimum Gasteiger partial charge on any atom is -0.369 e. The van der Waals surface area contributed by atoms with Crippen molar-refractivity contribution in [2.75, 3.05) is 44.2 Å². The number of hydrogen-bond donors (Lipinski definition) is 2. The molecule has 4 rings (SSSR count). The van der Waals surface area contributed by atoms with E-state index in [1.54, 1.807) is 17.0 Å². The van der Waals surface area contributed by atoms with Gasteiger partial charge in [0.15, 0.2) is 0 Å². The number of nitrogens with one attached hydrogen (secondary N) is 2. The van der Waals surface area contributed by atoms with Crippen LogP contribution >= 0.6 is 0 Å². The van der Waals surface area contributed by atoms with E-state index in [9.17, 15) is 18.8 Å². The van der Waals surface area contributed by atoms with Crippen molar-refractivity contribution in [2.45, 2.75) is 6.04 Å². The molecule has 0 bridgehead atoms. The molecule has 0 radical (unpaired) electrons. The zero-order valence-corrected chi connectivity index (χ0v) is 14.7. The number of aromatic amines is 2. The van der Waals surface area contributed by atoms with E-state index in [1.165, 1.54) is 12.1 Å². The number of aromatic nitrogens is 2. The highest BCUT2D eigenvalue weighted by molar-refractivity contribution is 5.92. The Balaban J connectivity index is 1.30. The fourth-order valence-corrected chi connectivity index (χ4v) is 3.60. The molecule has 0 spiro atoms. The summed E-state index contributed by atoms with van der Waals surface area (Å²) >= 11 is 0. The maximum Gasteiger partial charge on any atom is 0.326 e. The Kier molecular flexibility index (Phi) is 4.53. The third-order valence-electron chi connectivity index (χ3n) is 5.16.